The molecule has 1 fully saturated rings. The van der Waals surface area contributed by atoms with Crippen LogP contribution in [-0.2, 0) is 10.3 Å². The van der Waals surface area contributed by atoms with Crippen molar-refractivity contribution < 1.29 is 23.0 Å². The first-order valence-electron chi connectivity index (χ1n) is 8.06. The summed E-state index contributed by atoms with van der Waals surface area (Å²) in [7, 11) is 1.58. The van der Waals surface area contributed by atoms with E-state index in [0.29, 0.717) is 38.5 Å². The first kappa shape index (κ1) is 18.2. The van der Waals surface area contributed by atoms with Crippen LogP contribution >= 0.6 is 0 Å². The summed E-state index contributed by atoms with van der Waals surface area (Å²) in [5.74, 6) is -3.59. The molecular weight excluding hydrogens is 307 g/mol. The zero-order valence-electron chi connectivity index (χ0n) is 13.4. The third kappa shape index (κ3) is 4.25. The first-order chi connectivity index (χ1) is 11.0. The zero-order valence-corrected chi connectivity index (χ0v) is 13.4. The van der Waals surface area contributed by atoms with Crippen LogP contribution in [0.25, 0.3) is 0 Å². The average molecular weight is 331 g/mol. The minimum atomic E-state index is -1.59. The summed E-state index contributed by atoms with van der Waals surface area (Å²) in [5.41, 5.74) is -1.87. The van der Waals surface area contributed by atoms with E-state index in [1.54, 1.807) is 7.11 Å². The number of nitrogens with one attached hydrogen (secondary N) is 1. The van der Waals surface area contributed by atoms with Crippen molar-refractivity contribution in [3.8, 4) is 0 Å². The lowest BCUT2D eigenvalue weighted by molar-refractivity contribution is -0.0467. The van der Waals surface area contributed by atoms with E-state index in [1.165, 1.54) is 0 Å². The highest BCUT2D eigenvalue weighted by molar-refractivity contribution is 5.27. The molecule has 1 aromatic carbocycles. The maximum absolute atomic E-state index is 14.3. The highest BCUT2D eigenvalue weighted by Gasteiger charge is 2.41. The fraction of sp³-hybridized carbons (Fsp3) is 0.647. The smallest absolute Gasteiger partial charge is 0.165 e. The average Bonchev–Trinajstić information content (AvgIpc) is 2.55. The second-order valence-corrected chi connectivity index (χ2v) is 6.17. The molecule has 23 heavy (non-hydrogen) atoms. The van der Waals surface area contributed by atoms with E-state index >= 15 is 0 Å². The van der Waals surface area contributed by atoms with E-state index < -0.39 is 23.1 Å². The van der Waals surface area contributed by atoms with Gasteiger partial charge in [-0.3, -0.25) is 0 Å². The molecule has 6 heteroatoms. The maximum Gasteiger partial charge on any atom is 0.165 e. The van der Waals surface area contributed by atoms with Crippen LogP contribution in [0.1, 0.15) is 37.7 Å². The van der Waals surface area contributed by atoms with Gasteiger partial charge in [-0.15, -0.1) is 0 Å². The molecule has 0 spiro atoms. The van der Waals surface area contributed by atoms with Crippen LogP contribution in [-0.4, -0.2) is 31.9 Å². The predicted molar refractivity (Wildman–Crippen MR) is 81.5 cm³/mol. The highest BCUT2D eigenvalue weighted by atomic mass is 19.2. The lowest BCUT2D eigenvalue weighted by Crippen LogP contribution is -2.45. The Balaban J connectivity index is 2.32. The molecule has 2 atom stereocenters. The molecule has 0 aliphatic carbocycles. The predicted octanol–water partition coefficient (Wildman–Crippen LogP) is 3.11. The number of rotatable bonds is 7. The summed E-state index contributed by atoms with van der Waals surface area (Å²) < 4.78 is 46.5. The zero-order chi connectivity index (χ0) is 16.9. The maximum atomic E-state index is 14.3. The fourth-order valence-corrected chi connectivity index (χ4v) is 3.33. The largest absolute Gasteiger partial charge is 0.385 e. The summed E-state index contributed by atoms with van der Waals surface area (Å²) in [5, 5.41) is 14.3. The lowest BCUT2D eigenvalue weighted by atomic mass is 9.74. The Labute approximate surface area is 134 Å². The Morgan fingerprint density at radius 2 is 2.09 bits per heavy atom. The van der Waals surface area contributed by atoms with Crippen molar-refractivity contribution in [2.24, 2.45) is 5.92 Å². The normalized spacial score (nSPS) is 21.2. The molecule has 0 radical (unpaired) electrons. The molecule has 1 aliphatic heterocycles. The van der Waals surface area contributed by atoms with E-state index in [-0.39, 0.29) is 17.9 Å². The second kappa shape index (κ2) is 8.13. The summed E-state index contributed by atoms with van der Waals surface area (Å²) in [4.78, 5) is 0. The van der Waals surface area contributed by atoms with Crippen molar-refractivity contribution in [1.29, 1.82) is 0 Å². The van der Waals surface area contributed by atoms with Gasteiger partial charge in [0.25, 0.3) is 0 Å². The number of hydrogen-bond acceptors (Lipinski definition) is 3. The van der Waals surface area contributed by atoms with E-state index in [0.717, 1.165) is 19.0 Å². The first-order valence-corrected chi connectivity index (χ1v) is 8.06. The summed E-state index contributed by atoms with van der Waals surface area (Å²) >= 11 is 0. The van der Waals surface area contributed by atoms with Crippen LogP contribution in [0.5, 0.6) is 0 Å². The Hall–Kier alpha value is -1.11. The Morgan fingerprint density at radius 3 is 2.74 bits per heavy atom. The van der Waals surface area contributed by atoms with Crippen molar-refractivity contribution in [2.45, 2.75) is 37.7 Å². The van der Waals surface area contributed by atoms with Crippen molar-refractivity contribution in [1.82, 2.24) is 5.32 Å². The SMILES string of the molecule is COCCCCC(O)(c1cc(F)cc(F)c1F)C1CCCNC1. The minimum Gasteiger partial charge on any atom is -0.385 e. The number of benzene rings is 1. The third-order valence-corrected chi connectivity index (χ3v) is 4.59. The topological polar surface area (TPSA) is 41.5 Å². The van der Waals surface area contributed by atoms with Gasteiger partial charge >= 0.3 is 0 Å². The molecule has 0 aromatic heterocycles. The number of ether oxygens (including phenoxy) is 1. The van der Waals surface area contributed by atoms with Gasteiger partial charge in [0.05, 0.1) is 5.60 Å². The Morgan fingerprint density at radius 1 is 1.30 bits per heavy atom. The summed E-state index contributed by atoms with van der Waals surface area (Å²) in [6.07, 6.45) is 3.04. The van der Waals surface area contributed by atoms with Gasteiger partial charge in [-0.25, -0.2) is 13.2 Å². The molecule has 2 unspecified atom stereocenters. The molecule has 3 nitrogen and oxygen atoms in total. The molecule has 1 saturated heterocycles. The quantitative estimate of drug-likeness (QED) is 0.596. The standard InChI is InChI=1S/C17H24F3NO2/c1-23-8-3-2-6-17(22,12-5-4-7-21-11-12)14-9-13(18)10-15(19)16(14)20/h9-10,12,21-22H,2-8,11H2,1H3. The van der Waals surface area contributed by atoms with Crippen molar-refractivity contribution in [3.05, 3.63) is 35.1 Å². The molecule has 0 amide bonds. The van der Waals surface area contributed by atoms with Crippen molar-refractivity contribution >= 4 is 0 Å². The minimum absolute atomic E-state index is 0.239. The van der Waals surface area contributed by atoms with Gasteiger partial charge in [0.15, 0.2) is 11.6 Å². The third-order valence-electron chi connectivity index (χ3n) is 4.59. The lowest BCUT2D eigenvalue weighted by Gasteiger charge is -2.39. The molecule has 1 aromatic rings. The number of unbranched alkanes of at least 4 members (excludes halogenated alkanes) is 1. The van der Waals surface area contributed by atoms with Gasteiger partial charge in [0, 0.05) is 37.8 Å². The van der Waals surface area contributed by atoms with Crippen LogP contribution in [0.3, 0.4) is 0 Å². The Kier molecular flexibility index (Phi) is 6.44. The molecule has 1 heterocycles. The van der Waals surface area contributed by atoms with E-state index in [9.17, 15) is 18.3 Å². The molecule has 130 valence electrons. The molecular formula is C17H24F3NO2. The molecule has 2 rings (SSSR count). The van der Waals surface area contributed by atoms with E-state index in [2.05, 4.69) is 5.32 Å². The molecule has 0 saturated carbocycles. The van der Waals surface area contributed by atoms with Crippen molar-refractivity contribution in [3.63, 3.8) is 0 Å². The highest BCUT2D eigenvalue weighted by Crippen LogP contribution is 2.40. The number of methoxy groups -OCH3 is 1. The Bertz CT molecular complexity index is 521. The number of hydrogen-bond donors (Lipinski definition) is 2. The van der Waals surface area contributed by atoms with Gasteiger partial charge < -0.3 is 15.2 Å². The van der Waals surface area contributed by atoms with Crippen LogP contribution in [0.4, 0.5) is 13.2 Å². The monoisotopic (exact) mass is 331 g/mol. The van der Waals surface area contributed by atoms with Gasteiger partial charge in [0.2, 0.25) is 0 Å². The summed E-state index contributed by atoms with van der Waals surface area (Å²) in [6.45, 7) is 1.85. The van der Waals surface area contributed by atoms with E-state index in [4.69, 9.17) is 4.74 Å². The van der Waals surface area contributed by atoms with Crippen LogP contribution in [0.2, 0.25) is 0 Å². The van der Waals surface area contributed by atoms with Gasteiger partial charge in [-0.2, -0.15) is 0 Å². The van der Waals surface area contributed by atoms with Crippen molar-refractivity contribution in [2.75, 3.05) is 26.8 Å². The fourth-order valence-electron chi connectivity index (χ4n) is 3.33. The molecule has 2 N–H and O–H groups in total. The summed E-state index contributed by atoms with van der Waals surface area (Å²) in [6, 6.07) is 1.42. The van der Waals surface area contributed by atoms with Gasteiger partial charge in [0.1, 0.15) is 5.82 Å². The van der Waals surface area contributed by atoms with Crippen LogP contribution in [0, 0.1) is 23.4 Å². The van der Waals surface area contributed by atoms with E-state index in [1.807, 2.05) is 0 Å². The van der Waals surface area contributed by atoms with Crippen LogP contribution in [0.15, 0.2) is 12.1 Å². The number of piperidine rings is 1. The number of halogens is 3. The van der Waals surface area contributed by atoms with Gasteiger partial charge in [-0.1, -0.05) is 0 Å². The molecule has 0 bridgehead atoms. The second-order valence-electron chi connectivity index (χ2n) is 6.17. The number of aliphatic hydroxyl groups is 1. The van der Waals surface area contributed by atoms with Gasteiger partial charge in [-0.05, 0) is 44.7 Å². The van der Waals surface area contributed by atoms with Crippen LogP contribution < -0.4 is 5.32 Å². The molecule has 1 aliphatic rings.